The monoisotopic (exact) mass is 475 g/mol. The van der Waals surface area contributed by atoms with Crippen LogP contribution in [-0.4, -0.2) is 45.2 Å². The van der Waals surface area contributed by atoms with E-state index in [2.05, 4.69) is 28.1 Å². The van der Waals surface area contributed by atoms with E-state index in [-0.39, 0.29) is 18.4 Å². The molecule has 0 radical (unpaired) electrons. The first-order chi connectivity index (χ1) is 17.1. The average molecular weight is 476 g/mol. The van der Waals surface area contributed by atoms with Crippen LogP contribution >= 0.6 is 0 Å². The minimum atomic E-state index is -0.194. The van der Waals surface area contributed by atoms with Crippen LogP contribution in [0.25, 0.3) is 0 Å². The molecule has 3 N–H and O–H groups in total. The molecule has 0 saturated heterocycles. The van der Waals surface area contributed by atoms with Gasteiger partial charge in [-0.1, -0.05) is 42.5 Å². The molecule has 3 aromatic rings. The maximum absolute atomic E-state index is 12.4. The number of aryl methyl sites for hydroxylation is 1. The quantitative estimate of drug-likeness (QED) is 0.299. The van der Waals surface area contributed by atoms with Crippen molar-refractivity contribution in [1.29, 1.82) is 0 Å². The van der Waals surface area contributed by atoms with Gasteiger partial charge in [-0.25, -0.2) is 0 Å². The Hall–Kier alpha value is -3.84. The number of ether oxygens (including phenoxy) is 2. The van der Waals surface area contributed by atoms with Gasteiger partial charge in [0.2, 0.25) is 5.91 Å². The first-order valence-electron chi connectivity index (χ1n) is 11.8. The van der Waals surface area contributed by atoms with Gasteiger partial charge in [0.15, 0.2) is 0 Å². The number of hydrogen-bond donors (Lipinski definition) is 3. The molecule has 7 heteroatoms. The van der Waals surface area contributed by atoms with Gasteiger partial charge in [-0.3, -0.25) is 9.59 Å². The lowest BCUT2D eigenvalue weighted by atomic mass is 10.1. The van der Waals surface area contributed by atoms with Gasteiger partial charge >= 0.3 is 0 Å². The van der Waals surface area contributed by atoms with Crippen molar-refractivity contribution in [2.75, 3.05) is 44.0 Å². The summed E-state index contributed by atoms with van der Waals surface area (Å²) in [6.45, 7) is 1.81. The first-order valence-corrected chi connectivity index (χ1v) is 11.8. The zero-order valence-electron chi connectivity index (χ0n) is 20.1. The molecule has 0 aliphatic rings. The highest BCUT2D eigenvalue weighted by Gasteiger charge is 2.08. The Kier molecular flexibility index (Phi) is 10.6. The standard InChI is InChI=1S/C28H33N3O4/c1-34-17-8-16-29-28(33)23-12-5-13-24(19-23)30-21-27(32)31-25-14-6-15-26(20-25)35-18-7-11-22-9-3-2-4-10-22/h2-6,9-10,12-15,19-20,30H,7-8,11,16-18,21H2,1H3,(H,29,33)(H,31,32). The summed E-state index contributed by atoms with van der Waals surface area (Å²) in [6, 6.07) is 24.7. The maximum atomic E-state index is 12.4. The van der Waals surface area contributed by atoms with Gasteiger partial charge in [-0.05, 0) is 55.2 Å². The molecule has 3 aromatic carbocycles. The number of rotatable bonds is 14. The molecule has 0 saturated carbocycles. The third kappa shape index (κ3) is 9.51. The highest BCUT2D eigenvalue weighted by atomic mass is 16.5. The van der Waals surface area contributed by atoms with Gasteiger partial charge in [-0.15, -0.1) is 0 Å². The Morgan fingerprint density at radius 3 is 2.46 bits per heavy atom. The summed E-state index contributed by atoms with van der Waals surface area (Å²) in [5.74, 6) is 0.364. The summed E-state index contributed by atoms with van der Waals surface area (Å²) in [5.41, 5.74) is 3.18. The van der Waals surface area contributed by atoms with Crippen LogP contribution in [0.2, 0.25) is 0 Å². The molecular weight excluding hydrogens is 442 g/mol. The molecule has 0 aliphatic carbocycles. The lowest BCUT2D eigenvalue weighted by Gasteiger charge is -2.11. The van der Waals surface area contributed by atoms with E-state index in [1.807, 2.05) is 48.5 Å². The Labute approximate surface area is 206 Å². The normalized spacial score (nSPS) is 10.4. The first kappa shape index (κ1) is 25.8. The summed E-state index contributed by atoms with van der Waals surface area (Å²) in [7, 11) is 1.63. The zero-order chi connectivity index (χ0) is 24.7. The fourth-order valence-electron chi connectivity index (χ4n) is 3.45. The van der Waals surface area contributed by atoms with E-state index >= 15 is 0 Å². The summed E-state index contributed by atoms with van der Waals surface area (Å²) in [5, 5.41) is 8.79. The molecule has 0 bridgehead atoms. The number of anilines is 2. The SMILES string of the molecule is COCCCNC(=O)c1cccc(NCC(=O)Nc2cccc(OCCCc3ccccc3)c2)c1. The van der Waals surface area contributed by atoms with Crippen LogP contribution in [0.1, 0.15) is 28.8 Å². The fourth-order valence-corrected chi connectivity index (χ4v) is 3.45. The Morgan fingerprint density at radius 2 is 1.63 bits per heavy atom. The molecule has 35 heavy (non-hydrogen) atoms. The predicted molar refractivity (Wildman–Crippen MR) is 139 cm³/mol. The summed E-state index contributed by atoms with van der Waals surface area (Å²) in [4.78, 5) is 24.7. The molecule has 184 valence electrons. The molecule has 2 amide bonds. The second-order valence-corrected chi connectivity index (χ2v) is 8.05. The molecule has 0 aromatic heterocycles. The van der Waals surface area contributed by atoms with E-state index in [4.69, 9.17) is 9.47 Å². The Morgan fingerprint density at radius 1 is 0.829 bits per heavy atom. The minimum absolute atomic E-state index is 0.0705. The average Bonchev–Trinajstić information content (AvgIpc) is 2.89. The molecular formula is C28H33N3O4. The van der Waals surface area contributed by atoms with Crippen LogP contribution in [0.5, 0.6) is 5.75 Å². The number of methoxy groups -OCH3 is 1. The van der Waals surface area contributed by atoms with E-state index in [1.54, 1.807) is 25.3 Å². The van der Waals surface area contributed by atoms with Crippen molar-refractivity contribution >= 4 is 23.2 Å². The van der Waals surface area contributed by atoms with Crippen LogP contribution in [0.3, 0.4) is 0 Å². The van der Waals surface area contributed by atoms with Gasteiger partial charge in [0.1, 0.15) is 5.75 Å². The largest absolute Gasteiger partial charge is 0.494 e. The minimum Gasteiger partial charge on any atom is -0.494 e. The van der Waals surface area contributed by atoms with Gasteiger partial charge < -0.3 is 25.4 Å². The van der Waals surface area contributed by atoms with E-state index in [0.717, 1.165) is 19.3 Å². The third-order valence-corrected chi connectivity index (χ3v) is 5.23. The molecule has 0 fully saturated rings. The van der Waals surface area contributed by atoms with Crippen LogP contribution in [-0.2, 0) is 16.0 Å². The van der Waals surface area contributed by atoms with Gasteiger partial charge in [0.05, 0.1) is 13.2 Å². The van der Waals surface area contributed by atoms with Gasteiger partial charge in [0.25, 0.3) is 5.91 Å². The molecule has 0 unspecified atom stereocenters. The van der Waals surface area contributed by atoms with Crippen LogP contribution in [0.15, 0.2) is 78.9 Å². The highest BCUT2D eigenvalue weighted by molar-refractivity contribution is 5.96. The number of benzene rings is 3. The van der Waals surface area contributed by atoms with Crippen molar-refractivity contribution in [3.63, 3.8) is 0 Å². The predicted octanol–water partition coefficient (Wildman–Crippen LogP) is 4.52. The van der Waals surface area contributed by atoms with Gasteiger partial charge in [-0.2, -0.15) is 0 Å². The second kappa shape index (κ2) is 14.4. The van der Waals surface area contributed by atoms with E-state index in [0.29, 0.717) is 42.4 Å². The number of carbonyl (C=O) groups is 2. The summed E-state index contributed by atoms with van der Waals surface area (Å²) in [6.07, 6.45) is 2.62. The van der Waals surface area contributed by atoms with Crippen molar-refractivity contribution in [2.24, 2.45) is 0 Å². The molecule has 0 atom stereocenters. The van der Waals surface area contributed by atoms with Crippen molar-refractivity contribution in [3.8, 4) is 5.75 Å². The summed E-state index contributed by atoms with van der Waals surface area (Å²) < 4.78 is 10.8. The second-order valence-electron chi connectivity index (χ2n) is 8.05. The lowest BCUT2D eigenvalue weighted by Crippen LogP contribution is -2.25. The smallest absolute Gasteiger partial charge is 0.251 e. The van der Waals surface area contributed by atoms with Crippen molar-refractivity contribution in [3.05, 3.63) is 90.0 Å². The maximum Gasteiger partial charge on any atom is 0.251 e. The lowest BCUT2D eigenvalue weighted by molar-refractivity contribution is -0.114. The van der Waals surface area contributed by atoms with Crippen LogP contribution in [0.4, 0.5) is 11.4 Å². The molecule has 0 spiro atoms. The van der Waals surface area contributed by atoms with E-state index in [1.165, 1.54) is 5.56 Å². The highest BCUT2D eigenvalue weighted by Crippen LogP contribution is 2.18. The number of carbonyl (C=O) groups excluding carboxylic acids is 2. The van der Waals surface area contributed by atoms with Crippen molar-refractivity contribution in [1.82, 2.24) is 5.32 Å². The van der Waals surface area contributed by atoms with Crippen molar-refractivity contribution in [2.45, 2.75) is 19.3 Å². The van der Waals surface area contributed by atoms with Crippen molar-refractivity contribution < 1.29 is 19.1 Å². The topological polar surface area (TPSA) is 88.7 Å². The Bertz CT molecular complexity index is 1070. The molecule has 0 heterocycles. The summed E-state index contributed by atoms with van der Waals surface area (Å²) >= 11 is 0. The molecule has 0 aliphatic heterocycles. The fraction of sp³-hybridized carbons (Fsp3) is 0.286. The third-order valence-electron chi connectivity index (χ3n) is 5.23. The molecule has 3 rings (SSSR count). The van der Waals surface area contributed by atoms with Crippen LogP contribution < -0.4 is 20.7 Å². The Balaban J connectivity index is 1.41. The van der Waals surface area contributed by atoms with Gasteiger partial charge in [0, 0.05) is 43.3 Å². The number of hydrogen-bond acceptors (Lipinski definition) is 5. The van der Waals surface area contributed by atoms with Crippen LogP contribution in [0, 0.1) is 0 Å². The number of amides is 2. The number of nitrogens with one attached hydrogen (secondary N) is 3. The molecule has 7 nitrogen and oxygen atoms in total. The van der Waals surface area contributed by atoms with E-state index < -0.39 is 0 Å². The van der Waals surface area contributed by atoms with E-state index in [9.17, 15) is 9.59 Å². The zero-order valence-corrected chi connectivity index (χ0v) is 20.1.